The predicted molar refractivity (Wildman–Crippen MR) is 178 cm³/mol. The first kappa shape index (κ1) is 36.6. The molecule has 3 rings (SSSR count). The second-order valence-electron chi connectivity index (χ2n) is 13.9. The molecule has 0 saturated carbocycles. The van der Waals surface area contributed by atoms with E-state index in [9.17, 15) is 24.3 Å². The molecule has 1 saturated heterocycles. The molecule has 0 bridgehead atoms. The summed E-state index contributed by atoms with van der Waals surface area (Å²) >= 11 is 1.60. The number of unbranched alkanes of at least 4 members (excludes halogenated alkanes) is 6. The third kappa shape index (κ3) is 11.1. The lowest BCUT2D eigenvalue weighted by Crippen LogP contribution is -2.47. The van der Waals surface area contributed by atoms with Crippen molar-refractivity contribution in [3.05, 3.63) is 41.0 Å². The SMILES string of the molecule is Cc1ncsc1-c1ccc([C@H](C)CC(=O)[C@@H]2C[C@@H](O)CN2C(=O)[C@@H](CC(=O)CCCCCCCCCC(=O)O)C(C)(C)C)cc1. The normalized spacial score (nSPS) is 18.1. The minimum atomic E-state index is -0.763. The number of aromatic nitrogens is 1. The van der Waals surface area contributed by atoms with E-state index in [1.807, 2.05) is 52.3 Å². The molecule has 9 heteroatoms. The molecule has 0 unspecified atom stereocenters. The molecule has 1 aliphatic heterocycles. The summed E-state index contributed by atoms with van der Waals surface area (Å²) < 4.78 is 0. The van der Waals surface area contributed by atoms with Crippen LogP contribution in [0, 0.1) is 18.3 Å². The smallest absolute Gasteiger partial charge is 0.303 e. The Balaban J connectivity index is 1.54. The van der Waals surface area contributed by atoms with Gasteiger partial charge in [-0.05, 0) is 42.2 Å². The van der Waals surface area contributed by atoms with Crippen LogP contribution in [0.1, 0.15) is 122 Å². The highest BCUT2D eigenvalue weighted by Gasteiger charge is 2.44. The van der Waals surface area contributed by atoms with Crippen molar-refractivity contribution in [3.63, 3.8) is 0 Å². The minimum absolute atomic E-state index is 0.0477. The van der Waals surface area contributed by atoms with E-state index in [4.69, 9.17) is 5.11 Å². The van der Waals surface area contributed by atoms with Crippen LogP contribution in [-0.2, 0) is 19.2 Å². The first-order valence-corrected chi connectivity index (χ1v) is 17.4. The largest absolute Gasteiger partial charge is 0.481 e. The van der Waals surface area contributed by atoms with E-state index in [0.717, 1.165) is 60.2 Å². The molecule has 45 heavy (non-hydrogen) atoms. The molecule has 8 nitrogen and oxygen atoms in total. The summed E-state index contributed by atoms with van der Waals surface area (Å²) in [7, 11) is 0. The summed E-state index contributed by atoms with van der Waals surface area (Å²) in [6, 6.07) is 7.51. The average Bonchev–Trinajstić information content (AvgIpc) is 3.59. The Bertz CT molecular complexity index is 1280. The van der Waals surface area contributed by atoms with Gasteiger partial charge in [-0.25, -0.2) is 4.98 Å². The maximum Gasteiger partial charge on any atom is 0.303 e. The Morgan fingerprint density at radius 1 is 0.956 bits per heavy atom. The molecule has 1 aliphatic rings. The molecule has 1 amide bonds. The number of thiazole rings is 1. The Morgan fingerprint density at radius 3 is 2.11 bits per heavy atom. The van der Waals surface area contributed by atoms with Gasteiger partial charge in [0.05, 0.1) is 28.2 Å². The molecule has 0 radical (unpaired) electrons. The van der Waals surface area contributed by atoms with Crippen molar-refractivity contribution in [2.24, 2.45) is 11.3 Å². The number of carbonyl (C=O) groups is 4. The Labute approximate surface area is 272 Å². The summed E-state index contributed by atoms with van der Waals surface area (Å²) in [5.74, 6) is -1.59. The number of carboxylic acids is 1. The minimum Gasteiger partial charge on any atom is -0.481 e. The molecule has 2 aromatic rings. The van der Waals surface area contributed by atoms with Gasteiger partial charge in [-0.2, -0.15) is 0 Å². The number of aryl methyl sites for hydroxylation is 1. The van der Waals surface area contributed by atoms with Gasteiger partial charge >= 0.3 is 5.97 Å². The van der Waals surface area contributed by atoms with Crippen molar-refractivity contribution < 1.29 is 29.4 Å². The van der Waals surface area contributed by atoms with E-state index in [-0.39, 0.29) is 55.6 Å². The number of rotatable bonds is 18. The molecule has 248 valence electrons. The van der Waals surface area contributed by atoms with E-state index < -0.39 is 29.4 Å². The maximum atomic E-state index is 13.9. The number of amides is 1. The van der Waals surface area contributed by atoms with Gasteiger partial charge in [0.2, 0.25) is 5.91 Å². The average molecular weight is 641 g/mol. The fraction of sp³-hybridized carbons (Fsp3) is 0.639. The molecule has 1 aromatic heterocycles. The number of aliphatic hydroxyl groups excluding tert-OH is 1. The topological polar surface area (TPSA) is 125 Å². The van der Waals surface area contributed by atoms with Crippen LogP contribution in [0.3, 0.4) is 0 Å². The number of nitrogens with zero attached hydrogens (tertiary/aromatic N) is 2. The number of β-amino-alcohol motifs (C(OH)–C–C–N with tert-alkyl or cyclic N) is 1. The Kier molecular flexibility index (Phi) is 13.9. The number of benzene rings is 1. The lowest BCUT2D eigenvalue weighted by molar-refractivity contribution is -0.146. The molecule has 2 heterocycles. The lowest BCUT2D eigenvalue weighted by Gasteiger charge is -2.35. The van der Waals surface area contributed by atoms with E-state index >= 15 is 0 Å². The molecule has 0 spiro atoms. The third-order valence-corrected chi connectivity index (χ3v) is 10.0. The van der Waals surface area contributed by atoms with Crippen LogP contribution < -0.4 is 0 Å². The van der Waals surface area contributed by atoms with Gasteiger partial charge in [0, 0.05) is 44.6 Å². The van der Waals surface area contributed by atoms with Crippen LogP contribution >= 0.6 is 11.3 Å². The van der Waals surface area contributed by atoms with Crippen molar-refractivity contribution in [2.45, 2.75) is 130 Å². The monoisotopic (exact) mass is 640 g/mol. The number of ketones is 2. The zero-order chi connectivity index (χ0) is 33.1. The van der Waals surface area contributed by atoms with Gasteiger partial charge in [0.25, 0.3) is 0 Å². The highest BCUT2D eigenvalue weighted by molar-refractivity contribution is 7.13. The maximum absolute atomic E-state index is 13.9. The van der Waals surface area contributed by atoms with Gasteiger partial charge in [-0.3, -0.25) is 19.2 Å². The number of carbonyl (C=O) groups excluding carboxylic acids is 3. The second-order valence-corrected chi connectivity index (χ2v) is 14.7. The van der Waals surface area contributed by atoms with Crippen LogP contribution in [0.2, 0.25) is 0 Å². The number of aliphatic carboxylic acids is 1. The van der Waals surface area contributed by atoms with Crippen molar-refractivity contribution in [2.75, 3.05) is 6.54 Å². The summed E-state index contributed by atoms with van der Waals surface area (Å²) in [5.41, 5.74) is 4.49. The van der Waals surface area contributed by atoms with Crippen molar-refractivity contribution in [3.8, 4) is 10.4 Å². The number of Topliss-reactive ketones (excluding diaryl/α,β-unsaturated/α-hetero) is 2. The van der Waals surface area contributed by atoms with Gasteiger partial charge in [-0.15, -0.1) is 11.3 Å². The number of likely N-dealkylation sites (tertiary alicyclic amines) is 1. The predicted octanol–water partition coefficient (Wildman–Crippen LogP) is 7.36. The summed E-state index contributed by atoms with van der Waals surface area (Å²) in [6.07, 6.45) is 6.85. The van der Waals surface area contributed by atoms with Crippen LogP contribution in [0.25, 0.3) is 10.4 Å². The first-order chi connectivity index (χ1) is 21.3. The molecule has 0 aliphatic carbocycles. The fourth-order valence-corrected chi connectivity index (χ4v) is 7.05. The van der Waals surface area contributed by atoms with Crippen LogP contribution in [0.15, 0.2) is 29.8 Å². The standard InChI is InChI=1S/C36H52N2O6S/c1-24(26-15-17-27(18-16-26)34-25(2)37-23-45-34)19-32(41)31-21-29(40)22-38(31)35(44)30(36(3,4)5)20-28(39)13-11-9-7-6-8-10-12-14-33(42)43/h15-18,23-24,29-31,40H,6-14,19-22H2,1-5H3,(H,42,43)/t24-,29-,30-,31+/m1/s1. The Hall–Kier alpha value is -2.91. The lowest BCUT2D eigenvalue weighted by atomic mass is 9.76. The zero-order valence-electron chi connectivity index (χ0n) is 27.7. The molecular weight excluding hydrogens is 588 g/mol. The van der Waals surface area contributed by atoms with Gasteiger partial charge in [0.1, 0.15) is 5.78 Å². The van der Waals surface area contributed by atoms with Crippen LogP contribution in [0.5, 0.6) is 0 Å². The van der Waals surface area contributed by atoms with Crippen molar-refractivity contribution in [1.29, 1.82) is 0 Å². The first-order valence-electron chi connectivity index (χ1n) is 16.5. The summed E-state index contributed by atoms with van der Waals surface area (Å²) in [5, 5.41) is 19.3. The zero-order valence-corrected chi connectivity index (χ0v) is 28.5. The Morgan fingerprint density at radius 2 is 1.56 bits per heavy atom. The van der Waals surface area contributed by atoms with Gasteiger partial charge in [-0.1, -0.05) is 84.1 Å². The fourth-order valence-electron chi connectivity index (χ4n) is 6.24. The molecule has 4 atom stereocenters. The van der Waals surface area contributed by atoms with Gasteiger partial charge in [0.15, 0.2) is 5.78 Å². The highest BCUT2D eigenvalue weighted by atomic mass is 32.1. The van der Waals surface area contributed by atoms with Crippen molar-refractivity contribution in [1.82, 2.24) is 9.88 Å². The molecule has 1 fully saturated rings. The van der Waals surface area contributed by atoms with Crippen LogP contribution in [-0.4, -0.2) is 62.2 Å². The summed E-state index contributed by atoms with van der Waals surface area (Å²) in [4.78, 5) is 58.1. The molecular formula is C36H52N2O6S. The molecule has 1 aromatic carbocycles. The number of aliphatic hydroxyl groups is 1. The van der Waals surface area contributed by atoms with E-state index in [2.05, 4.69) is 17.1 Å². The van der Waals surface area contributed by atoms with Crippen molar-refractivity contribution >= 4 is 34.8 Å². The quantitative estimate of drug-likeness (QED) is 0.163. The number of carboxylic acid groups (broad SMARTS) is 1. The van der Waals surface area contributed by atoms with Crippen LogP contribution in [0.4, 0.5) is 0 Å². The van der Waals surface area contributed by atoms with Gasteiger partial charge < -0.3 is 15.1 Å². The number of hydrogen-bond donors (Lipinski definition) is 2. The second kappa shape index (κ2) is 17.1. The van der Waals surface area contributed by atoms with E-state index in [1.54, 1.807) is 16.2 Å². The molecule has 2 N–H and O–H groups in total. The number of hydrogen-bond acceptors (Lipinski definition) is 7. The highest BCUT2D eigenvalue weighted by Crippen LogP contribution is 2.35. The van der Waals surface area contributed by atoms with E-state index in [1.165, 1.54) is 0 Å². The van der Waals surface area contributed by atoms with E-state index in [0.29, 0.717) is 12.8 Å². The summed E-state index contributed by atoms with van der Waals surface area (Å²) in [6.45, 7) is 9.98. The third-order valence-electron chi connectivity index (χ3n) is 9.05.